The molecule has 4 aromatic rings. The van der Waals surface area contributed by atoms with Crippen molar-refractivity contribution in [3.05, 3.63) is 60.6 Å². The molecular weight excluding hydrogens is 488 g/mol. The molecule has 3 atom stereocenters. The summed E-state index contributed by atoms with van der Waals surface area (Å²) < 4.78 is 27.3. The van der Waals surface area contributed by atoms with Gasteiger partial charge < -0.3 is 16.4 Å². The standard InChI is InChI=1S/C26H28N8O2S/c1-37(35,36)23-22(17-11-18-8-9-19(12-17)33(18)26(28)29)32-25-20(14-31-34(25)24(23)27)16-7-10-21(30-13-16)15-5-3-2-4-6-15/h2-7,10,13-14,17-19H,8-9,11-12,27H2,1H3,(H3,28,29)/t17?,18-,19?/m0/s1. The molecule has 2 fully saturated rings. The van der Waals surface area contributed by atoms with Gasteiger partial charge in [0.1, 0.15) is 10.7 Å². The molecule has 6 rings (SSSR count). The smallest absolute Gasteiger partial charge is 0.188 e. The number of anilines is 1. The van der Waals surface area contributed by atoms with E-state index in [0.717, 1.165) is 41.5 Å². The van der Waals surface area contributed by atoms with Gasteiger partial charge in [0, 0.05) is 47.1 Å². The SMILES string of the molecule is CS(=O)(=O)c1c(C2CC3CC[C@@H](C2)N3C(=N)N)nc2c(-c3ccc(-c4ccccc4)nc3)cnn2c1N. The zero-order chi connectivity index (χ0) is 25.9. The van der Waals surface area contributed by atoms with Gasteiger partial charge in [-0.2, -0.15) is 9.61 Å². The van der Waals surface area contributed by atoms with E-state index in [-0.39, 0.29) is 34.7 Å². The number of aromatic nitrogens is 4. The van der Waals surface area contributed by atoms with Crippen LogP contribution in [0.1, 0.15) is 37.3 Å². The molecule has 0 spiro atoms. The van der Waals surface area contributed by atoms with Gasteiger partial charge in [0.25, 0.3) is 0 Å². The van der Waals surface area contributed by atoms with E-state index >= 15 is 0 Å². The molecule has 2 aliphatic rings. The lowest BCUT2D eigenvalue weighted by atomic mass is 9.88. The molecule has 2 bridgehead atoms. The van der Waals surface area contributed by atoms with Crippen LogP contribution in [-0.2, 0) is 9.84 Å². The number of nitrogens with zero attached hydrogens (tertiary/aromatic N) is 5. The van der Waals surface area contributed by atoms with Gasteiger partial charge in [0.2, 0.25) is 0 Å². The lowest BCUT2D eigenvalue weighted by Crippen LogP contribution is -2.49. The number of piperidine rings is 1. The third-order valence-corrected chi connectivity index (χ3v) is 8.74. The van der Waals surface area contributed by atoms with E-state index in [1.165, 1.54) is 4.52 Å². The number of nitrogens with two attached hydrogens (primary N) is 2. The van der Waals surface area contributed by atoms with Crippen LogP contribution in [0.3, 0.4) is 0 Å². The second-order valence-corrected chi connectivity index (χ2v) is 11.9. The molecule has 11 heteroatoms. The number of rotatable bonds is 4. The van der Waals surface area contributed by atoms with Gasteiger partial charge >= 0.3 is 0 Å². The average molecular weight is 517 g/mol. The maximum atomic E-state index is 12.9. The molecule has 5 N–H and O–H groups in total. The summed E-state index contributed by atoms with van der Waals surface area (Å²) in [5.74, 6) is 0.0113. The van der Waals surface area contributed by atoms with Crippen LogP contribution in [0.25, 0.3) is 28.0 Å². The highest BCUT2D eigenvalue weighted by Gasteiger charge is 2.44. The number of nitrogen functional groups attached to an aromatic ring is 1. The van der Waals surface area contributed by atoms with Crippen LogP contribution in [0.5, 0.6) is 0 Å². The van der Waals surface area contributed by atoms with E-state index in [4.69, 9.17) is 21.9 Å². The van der Waals surface area contributed by atoms with Crippen molar-refractivity contribution in [1.82, 2.24) is 24.5 Å². The second kappa shape index (κ2) is 8.55. The fourth-order valence-electron chi connectivity index (χ4n) is 6.00. The summed E-state index contributed by atoms with van der Waals surface area (Å²) in [5.41, 5.74) is 16.7. The summed E-state index contributed by atoms with van der Waals surface area (Å²) in [4.78, 5) is 11.5. The van der Waals surface area contributed by atoms with Crippen LogP contribution in [0, 0.1) is 5.41 Å². The number of sulfone groups is 1. The lowest BCUT2D eigenvalue weighted by Gasteiger charge is -2.39. The van der Waals surface area contributed by atoms with Crippen molar-refractivity contribution in [2.75, 3.05) is 12.0 Å². The number of fused-ring (bicyclic) bond motifs is 3. The van der Waals surface area contributed by atoms with Gasteiger partial charge in [-0.15, -0.1) is 0 Å². The first-order chi connectivity index (χ1) is 17.7. The quantitative estimate of drug-likeness (QED) is 0.276. The van der Waals surface area contributed by atoms with Gasteiger partial charge in [-0.3, -0.25) is 10.4 Å². The molecule has 190 valence electrons. The molecule has 0 radical (unpaired) electrons. The number of pyridine rings is 1. The summed E-state index contributed by atoms with van der Waals surface area (Å²) >= 11 is 0. The highest BCUT2D eigenvalue weighted by atomic mass is 32.2. The minimum Gasteiger partial charge on any atom is -0.382 e. The highest BCUT2D eigenvalue weighted by molar-refractivity contribution is 7.91. The Labute approximate surface area is 214 Å². The van der Waals surface area contributed by atoms with Crippen LogP contribution in [0.15, 0.2) is 59.8 Å². The second-order valence-electron chi connectivity index (χ2n) is 9.92. The lowest BCUT2D eigenvalue weighted by molar-refractivity contribution is 0.208. The maximum Gasteiger partial charge on any atom is 0.188 e. The zero-order valence-corrected chi connectivity index (χ0v) is 21.2. The maximum absolute atomic E-state index is 12.9. The van der Waals surface area contributed by atoms with Gasteiger partial charge in [0.15, 0.2) is 21.4 Å². The van der Waals surface area contributed by atoms with E-state index in [0.29, 0.717) is 24.2 Å². The molecule has 2 saturated heterocycles. The molecule has 0 aliphatic carbocycles. The Kier molecular flexibility index (Phi) is 5.41. The van der Waals surface area contributed by atoms with Crippen molar-refractivity contribution in [3.8, 4) is 22.4 Å². The van der Waals surface area contributed by atoms with Crippen LogP contribution in [0.2, 0.25) is 0 Å². The van der Waals surface area contributed by atoms with Crippen LogP contribution in [-0.4, -0.2) is 57.2 Å². The first-order valence-electron chi connectivity index (χ1n) is 12.2. The molecule has 0 amide bonds. The topological polar surface area (TPSA) is 156 Å². The Bertz CT molecular complexity index is 1600. The first-order valence-corrected chi connectivity index (χ1v) is 14.1. The zero-order valence-electron chi connectivity index (χ0n) is 20.4. The summed E-state index contributed by atoms with van der Waals surface area (Å²) in [6, 6.07) is 14.0. The van der Waals surface area contributed by atoms with Gasteiger partial charge in [-0.1, -0.05) is 36.4 Å². The molecule has 3 aromatic heterocycles. The van der Waals surface area contributed by atoms with Crippen molar-refractivity contribution in [2.45, 2.75) is 48.6 Å². The third kappa shape index (κ3) is 3.90. The Morgan fingerprint density at radius 3 is 2.32 bits per heavy atom. The predicted molar refractivity (Wildman–Crippen MR) is 142 cm³/mol. The Balaban J connectivity index is 1.46. The van der Waals surface area contributed by atoms with Crippen molar-refractivity contribution in [1.29, 1.82) is 5.41 Å². The van der Waals surface area contributed by atoms with Crippen LogP contribution in [0.4, 0.5) is 5.82 Å². The fourth-order valence-corrected chi connectivity index (χ4v) is 7.06. The molecule has 1 aromatic carbocycles. The fraction of sp³-hybridized carbons (Fsp3) is 0.308. The monoisotopic (exact) mass is 516 g/mol. The summed E-state index contributed by atoms with van der Waals surface area (Å²) in [6.07, 6.45) is 7.75. The number of nitrogens with one attached hydrogen (secondary N) is 1. The predicted octanol–water partition coefficient (Wildman–Crippen LogP) is 3.05. The molecule has 10 nitrogen and oxygen atoms in total. The first kappa shape index (κ1) is 23.4. The molecule has 2 unspecified atom stereocenters. The van der Waals surface area contributed by atoms with Crippen molar-refractivity contribution >= 4 is 27.3 Å². The highest BCUT2D eigenvalue weighted by Crippen LogP contribution is 2.45. The van der Waals surface area contributed by atoms with E-state index < -0.39 is 9.84 Å². The van der Waals surface area contributed by atoms with Crippen molar-refractivity contribution < 1.29 is 8.42 Å². The summed E-state index contributed by atoms with van der Waals surface area (Å²) in [6.45, 7) is 0. The largest absolute Gasteiger partial charge is 0.382 e. The number of hydrogen-bond donors (Lipinski definition) is 3. The van der Waals surface area contributed by atoms with Crippen molar-refractivity contribution in [3.63, 3.8) is 0 Å². The third-order valence-electron chi connectivity index (χ3n) is 7.58. The molecule has 0 saturated carbocycles. The number of benzene rings is 1. The summed E-state index contributed by atoms with van der Waals surface area (Å²) in [7, 11) is -3.68. The average Bonchev–Trinajstić information content (AvgIpc) is 3.42. The van der Waals surface area contributed by atoms with E-state index in [1.807, 2.05) is 47.4 Å². The van der Waals surface area contributed by atoms with Crippen molar-refractivity contribution in [2.24, 2.45) is 5.73 Å². The van der Waals surface area contributed by atoms with Gasteiger partial charge in [-0.05, 0) is 31.7 Å². The molecular formula is C26H28N8O2S. The van der Waals surface area contributed by atoms with E-state index in [9.17, 15) is 8.42 Å². The molecule has 37 heavy (non-hydrogen) atoms. The van der Waals surface area contributed by atoms with E-state index in [2.05, 4.69) is 10.1 Å². The normalized spacial score (nSPS) is 21.4. The van der Waals surface area contributed by atoms with Gasteiger partial charge in [-0.25, -0.2) is 13.4 Å². The number of hydrogen-bond acceptors (Lipinski definition) is 7. The minimum atomic E-state index is -3.68. The van der Waals surface area contributed by atoms with Gasteiger partial charge in [0.05, 0.1) is 17.6 Å². The Morgan fingerprint density at radius 1 is 1.03 bits per heavy atom. The number of guanidine groups is 1. The van der Waals surface area contributed by atoms with Crippen LogP contribution >= 0.6 is 0 Å². The minimum absolute atomic E-state index is 0.0351. The molecule has 5 heterocycles. The molecule has 2 aliphatic heterocycles. The Hall–Kier alpha value is -3.99. The summed E-state index contributed by atoms with van der Waals surface area (Å²) in [5, 5.41) is 12.4. The van der Waals surface area contributed by atoms with E-state index in [1.54, 1.807) is 12.4 Å². The Morgan fingerprint density at radius 2 is 1.73 bits per heavy atom. The van der Waals surface area contributed by atoms with Crippen LogP contribution < -0.4 is 11.5 Å².